The van der Waals surface area contributed by atoms with Gasteiger partial charge in [-0.1, -0.05) is 6.92 Å². The fourth-order valence-corrected chi connectivity index (χ4v) is 3.70. The molecule has 2 heterocycles. The Bertz CT molecular complexity index is 674. The molecular weight excluding hydrogens is 320 g/mol. The number of benzene rings is 1. The van der Waals surface area contributed by atoms with Crippen molar-refractivity contribution in [1.82, 2.24) is 9.80 Å². The number of ether oxygens (including phenoxy) is 2. The molecule has 1 aromatic carbocycles. The third-order valence-electron chi connectivity index (χ3n) is 5.13. The SMILES string of the molecule is COc1cc2c(cc1OC)CN(C(=O)C(=O)N1CCCC(C)C1)CC2. The van der Waals surface area contributed by atoms with Gasteiger partial charge in [0, 0.05) is 26.2 Å². The summed E-state index contributed by atoms with van der Waals surface area (Å²) in [5, 5.41) is 0. The fraction of sp³-hybridized carbons (Fsp3) is 0.579. The molecule has 0 aliphatic carbocycles. The van der Waals surface area contributed by atoms with E-state index in [9.17, 15) is 9.59 Å². The van der Waals surface area contributed by atoms with Gasteiger partial charge in [-0.05, 0) is 48.4 Å². The molecule has 6 nitrogen and oxygen atoms in total. The molecule has 0 N–H and O–H groups in total. The van der Waals surface area contributed by atoms with E-state index in [0.717, 1.165) is 24.0 Å². The number of likely N-dealkylation sites (tertiary alicyclic amines) is 1. The van der Waals surface area contributed by atoms with E-state index >= 15 is 0 Å². The molecule has 0 radical (unpaired) electrons. The van der Waals surface area contributed by atoms with E-state index < -0.39 is 5.91 Å². The molecule has 3 rings (SSSR count). The topological polar surface area (TPSA) is 59.1 Å². The zero-order valence-corrected chi connectivity index (χ0v) is 15.2. The molecule has 0 bridgehead atoms. The van der Waals surface area contributed by atoms with Gasteiger partial charge in [0.05, 0.1) is 14.2 Å². The van der Waals surface area contributed by atoms with Crippen LogP contribution in [-0.2, 0) is 22.6 Å². The van der Waals surface area contributed by atoms with Gasteiger partial charge < -0.3 is 19.3 Å². The van der Waals surface area contributed by atoms with Crippen molar-refractivity contribution in [3.05, 3.63) is 23.3 Å². The lowest BCUT2D eigenvalue weighted by atomic mass is 9.98. The highest BCUT2D eigenvalue weighted by Gasteiger charge is 2.31. The van der Waals surface area contributed by atoms with Crippen molar-refractivity contribution in [3.63, 3.8) is 0 Å². The number of methoxy groups -OCH3 is 2. The summed E-state index contributed by atoms with van der Waals surface area (Å²) < 4.78 is 10.7. The van der Waals surface area contributed by atoms with E-state index in [0.29, 0.717) is 50.0 Å². The summed E-state index contributed by atoms with van der Waals surface area (Å²) >= 11 is 0. The zero-order valence-electron chi connectivity index (χ0n) is 15.2. The van der Waals surface area contributed by atoms with E-state index in [2.05, 4.69) is 6.92 Å². The Morgan fingerprint density at radius 2 is 1.64 bits per heavy atom. The van der Waals surface area contributed by atoms with Gasteiger partial charge in [0.25, 0.3) is 0 Å². The van der Waals surface area contributed by atoms with Crippen LogP contribution < -0.4 is 9.47 Å². The second-order valence-electron chi connectivity index (χ2n) is 6.95. The molecule has 2 aliphatic rings. The second-order valence-corrected chi connectivity index (χ2v) is 6.95. The maximum atomic E-state index is 12.7. The predicted octanol–water partition coefficient (Wildman–Crippen LogP) is 1.85. The van der Waals surface area contributed by atoms with Gasteiger partial charge in [0.1, 0.15) is 0 Å². The highest BCUT2D eigenvalue weighted by atomic mass is 16.5. The Morgan fingerprint density at radius 3 is 2.28 bits per heavy atom. The van der Waals surface area contributed by atoms with Crippen molar-refractivity contribution >= 4 is 11.8 Å². The number of carbonyl (C=O) groups is 2. The average Bonchev–Trinajstić information content (AvgIpc) is 2.65. The maximum Gasteiger partial charge on any atom is 0.312 e. The molecule has 0 spiro atoms. The molecule has 2 aliphatic heterocycles. The molecule has 0 saturated carbocycles. The summed E-state index contributed by atoms with van der Waals surface area (Å²) in [4.78, 5) is 28.6. The van der Waals surface area contributed by atoms with E-state index in [1.165, 1.54) is 0 Å². The van der Waals surface area contributed by atoms with Gasteiger partial charge >= 0.3 is 11.8 Å². The molecule has 1 unspecified atom stereocenters. The van der Waals surface area contributed by atoms with Crippen LogP contribution in [0.15, 0.2) is 12.1 Å². The van der Waals surface area contributed by atoms with Gasteiger partial charge in [-0.3, -0.25) is 9.59 Å². The van der Waals surface area contributed by atoms with Crippen LogP contribution in [0.1, 0.15) is 30.9 Å². The van der Waals surface area contributed by atoms with Crippen LogP contribution >= 0.6 is 0 Å². The first kappa shape index (κ1) is 17.6. The summed E-state index contributed by atoms with van der Waals surface area (Å²) in [5.74, 6) is 1.04. The van der Waals surface area contributed by atoms with Gasteiger partial charge in [0.15, 0.2) is 11.5 Å². The Morgan fingerprint density at radius 1 is 1.00 bits per heavy atom. The lowest BCUT2D eigenvalue weighted by Gasteiger charge is -2.34. The van der Waals surface area contributed by atoms with Crippen molar-refractivity contribution in [1.29, 1.82) is 0 Å². The molecule has 1 aromatic rings. The van der Waals surface area contributed by atoms with E-state index in [-0.39, 0.29) is 5.91 Å². The second kappa shape index (κ2) is 7.33. The summed E-state index contributed by atoms with van der Waals surface area (Å²) in [5.41, 5.74) is 2.15. The van der Waals surface area contributed by atoms with Gasteiger partial charge in [-0.2, -0.15) is 0 Å². The summed E-state index contributed by atoms with van der Waals surface area (Å²) in [6.45, 7) is 4.48. The van der Waals surface area contributed by atoms with Crippen LogP contribution in [-0.4, -0.2) is 55.5 Å². The summed E-state index contributed by atoms with van der Waals surface area (Å²) in [7, 11) is 3.21. The molecule has 0 aromatic heterocycles. The maximum absolute atomic E-state index is 12.7. The van der Waals surface area contributed by atoms with Gasteiger partial charge in [-0.15, -0.1) is 0 Å². The molecule has 25 heavy (non-hydrogen) atoms. The number of amides is 2. The molecule has 136 valence electrons. The smallest absolute Gasteiger partial charge is 0.312 e. The number of hydrogen-bond acceptors (Lipinski definition) is 4. The van der Waals surface area contributed by atoms with Crippen molar-refractivity contribution in [2.45, 2.75) is 32.7 Å². The number of carbonyl (C=O) groups excluding carboxylic acids is 2. The number of rotatable bonds is 2. The normalized spacial score (nSPS) is 20.0. The minimum Gasteiger partial charge on any atom is -0.493 e. The van der Waals surface area contributed by atoms with Gasteiger partial charge in [0.2, 0.25) is 0 Å². The van der Waals surface area contributed by atoms with Crippen LogP contribution in [0.5, 0.6) is 11.5 Å². The minimum atomic E-state index is -0.394. The van der Waals surface area contributed by atoms with Crippen LogP contribution in [0.2, 0.25) is 0 Å². The van der Waals surface area contributed by atoms with E-state index in [1.807, 2.05) is 12.1 Å². The third kappa shape index (κ3) is 3.57. The molecule has 1 atom stereocenters. The predicted molar refractivity (Wildman–Crippen MR) is 93.6 cm³/mol. The third-order valence-corrected chi connectivity index (χ3v) is 5.13. The quantitative estimate of drug-likeness (QED) is 0.767. The lowest BCUT2D eigenvalue weighted by Crippen LogP contribution is -2.49. The van der Waals surface area contributed by atoms with Gasteiger partial charge in [-0.25, -0.2) is 0 Å². The van der Waals surface area contributed by atoms with E-state index in [4.69, 9.17) is 9.47 Å². The average molecular weight is 346 g/mol. The first-order valence-electron chi connectivity index (χ1n) is 8.85. The zero-order chi connectivity index (χ0) is 18.0. The van der Waals surface area contributed by atoms with Crippen LogP contribution in [0, 0.1) is 5.92 Å². The van der Waals surface area contributed by atoms with Crippen molar-refractivity contribution < 1.29 is 19.1 Å². The summed E-state index contributed by atoms with van der Waals surface area (Å²) in [6.07, 6.45) is 2.81. The Balaban J connectivity index is 1.73. The molecule has 1 saturated heterocycles. The molecule has 6 heteroatoms. The highest BCUT2D eigenvalue weighted by molar-refractivity contribution is 6.34. The van der Waals surface area contributed by atoms with Crippen molar-refractivity contribution in [2.75, 3.05) is 33.9 Å². The molecular formula is C19H26N2O4. The number of nitrogens with zero attached hydrogens (tertiary/aromatic N) is 2. The summed E-state index contributed by atoms with van der Waals surface area (Å²) in [6, 6.07) is 3.87. The van der Waals surface area contributed by atoms with Crippen LogP contribution in [0.25, 0.3) is 0 Å². The van der Waals surface area contributed by atoms with Crippen molar-refractivity contribution in [3.8, 4) is 11.5 Å². The van der Waals surface area contributed by atoms with Crippen LogP contribution in [0.3, 0.4) is 0 Å². The fourth-order valence-electron chi connectivity index (χ4n) is 3.70. The molecule has 1 fully saturated rings. The standard InChI is InChI=1S/C19H26N2O4/c1-13-5-4-7-20(11-13)18(22)19(23)21-8-6-14-9-16(24-2)17(25-3)10-15(14)12-21/h9-10,13H,4-8,11-12H2,1-3H3. The largest absolute Gasteiger partial charge is 0.493 e. The van der Waals surface area contributed by atoms with Crippen LogP contribution in [0.4, 0.5) is 0 Å². The minimum absolute atomic E-state index is 0.365. The highest BCUT2D eigenvalue weighted by Crippen LogP contribution is 2.33. The molecule has 2 amide bonds. The number of fused-ring (bicyclic) bond motifs is 1. The Kier molecular flexibility index (Phi) is 5.16. The Hall–Kier alpha value is -2.24. The first-order chi connectivity index (χ1) is 12.0. The monoisotopic (exact) mass is 346 g/mol. The Labute approximate surface area is 148 Å². The van der Waals surface area contributed by atoms with Crippen molar-refractivity contribution in [2.24, 2.45) is 5.92 Å². The number of piperidine rings is 1. The van der Waals surface area contributed by atoms with E-state index in [1.54, 1.807) is 24.0 Å². The first-order valence-corrected chi connectivity index (χ1v) is 8.85. The number of hydrogen-bond donors (Lipinski definition) is 0. The lowest BCUT2D eigenvalue weighted by molar-refractivity contribution is -0.153.